The summed E-state index contributed by atoms with van der Waals surface area (Å²) in [5.41, 5.74) is 3.11. The molecule has 3 rings (SSSR count). The van der Waals surface area contributed by atoms with Crippen molar-refractivity contribution in [2.75, 3.05) is 13.1 Å². The van der Waals surface area contributed by atoms with Crippen molar-refractivity contribution in [3.05, 3.63) is 52.9 Å². The lowest BCUT2D eigenvalue weighted by Gasteiger charge is -2.33. The molecule has 1 aliphatic heterocycles. The van der Waals surface area contributed by atoms with E-state index in [0.717, 1.165) is 44.5 Å². The van der Waals surface area contributed by atoms with E-state index in [4.69, 9.17) is 4.52 Å². The standard InChI is InChI=1S/C19H24N2O2/c1-3-7-16-12-18(20-23-16)19(22)21-11-6-9-15(13-21)17-10-5-4-8-14(17)2/h4-5,8,10,12,15H,3,6-7,9,11,13H2,1-2H3/t15-/m0/s1. The van der Waals surface area contributed by atoms with Gasteiger partial charge in [-0.3, -0.25) is 4.79 Å². The zero-order chi connectivity index (χ0) is 16.2. The van der Waals surface area contributed by atoms with Gasteiger partial charge in [0.25, 0.3) is 5.91 Å². The molecule has 122 valence electrons. The number of benzene rings is 1. The average molecular weight is 312 g/mol. The molecule has 23 heavy (non-hydrogen) atoms. The zero-order valence-corrected chi connectivity index (χ0v) is 13.9. The maximum atomic E-state index is 12.7. The van der Waals surface area contributed by atoms with Crippen molar-refractivity contribution >= 4 is 5.91 Å². The molecule has 1 saturated heterocycles. The Bertz CT molecular complexity index is 678. The largest absolute Gasteiger partial charge is 0.361 e. The topological polar surface area (TPSA) is 46.3 Å². The van der Waals surface area contributed by atoms with Gasteiger partial charge in [0.15, 0.2) is 5.69 Å². The predicted molar refractivity (Wildman–Crippen MR) is 89.6 cm³/mol. The highest BCUT2D eigenvalue weighted by Crippen LogP contribution is 2.29. The van der Waals surface area contributed by atoms with Crippen molar-refractivity contribution in [3.8, 4) is 0 Å². The molecular weight excluding hydrogens is 288 g/mol. The summed E-state index contributed by atoms with van der Waals surface area (Å²) in [6, 6.07) is 10.3. The van der Waals surface area contributed by atoms with Gasteiger partial charge in [-0.15, -0.1) is 0 Å². The summed E-state index contributed by atoms with van der Waals surface area (Å²) in [5.74, 6) is 1.20. The van der Waals surface area contributed by atoms with Crippen LogP contribution >= 0.6 is 0 Å². The Morgan fingerprint density at radius 1 is 1.39 bits per heavy atom. The number of aryl methyl sites for hydroxylation is 2. The molecule has 4 nitrogen and oxygen atoms in total. The lowest BCUT2D eigenvalue weighted by Crippen LogP contribution is -2.39. The maximum absolute atomic E-state index is 12.7. The highest BCUT2D eigenvalue weighted by molar-refractivity contribution is 5.92. The van der Waals surface area contributed by atoms with Crippen LogP contribution in [-0.4, -0.2) is 29.1 Å². The smallest absolute Gasteiger partial charge is 0.276 e. The van der Waals surface area contributed by atoms with Gasteiger partial charge >= 0.3 is 0 Å². The molecule has 1 aromatic heterocycles. The predicted octanol–water partition coefficient (Wildman–Crippen LogP) is 3.96. The Hall–Kier alpha value is -2.10. The van der Waals surface area contributed by atoms with Gasteiger partial charge in [-0.25, -0.2) is 0 Å². The Balaban J connectivity index is 1.72. The number of amides is 1. The van der Waals surface area contributed by atoms with Crippen LogP contribution in [0.4, 0.5) is 0 Å². The van der Waals surface area contributed by atoms with Crippen LogP contribution in [0.3, 0.4) is 0 Å². The van der Waals surface area contributed by atoms with Crippen LogP contribution < -0.4 is 0 Å². The quantitative estimate of drug-likeness (QED) is 0.858. The highest BCUT2D eigenvalue weighted by Gasteiger charge is 2.27. The van der Waals surface area contributed by atoms with E-state index in [-0.39, 0.29) is 5.91 Å². The number of rotatable bonds is 4. The van der Waals surface area contributed by atoms with Crippen LogP contribution in [0.2, 0.25) is 0 Å². The van der Waals surface area contributed by atoms with Crippen LogP contribution in [0.25, 0.3) is 0 Å². The number of hydrogen-bond acceptors (Lipinski definition) is 3. The van der Waals surface area contributed by atoms with Gasteiger partial charge in [0.05, 0.1) is 0 Å². The summed E-state index contributed by atoms with van der Waals surface area (Å²) in [5, 5.41) is 3.96. The Labute approximate surface area is 137 Å². The second-order valence-corrected chi connectivity index (χ2v) is 6.38. The number of carbonyl (C=O) groups excluding carboxylic acids is 1. The first-order valence-electron chi connectivity index (χ1n) is 8.49. The van der Waals surface area contributed by atoms with Gasteiger partial charge in [-0.05, 0) is 37.3 Å². The molecule has 0 spiro atoms. The molecule has 0 aliphatic carbocycles. The SMILES string of the molecule is CCCc1cc(C(=O)N2CCC[C@H](c3ccccc3C)C2)no1. The maximum Gasteiger partial charge on any atom is 0.276 e. The monoisotopic (exact) mass is 312 g/mol. The highest BCUT2D eigenvalue weighted by atomic mass is 16.5. The number of aromatic nitrogens is 1. The molecule has 0 unspecified atom stereocenters. The van der Waals surface area contributed by atoms with E-state index >= 15 is 0 Å². The average Bonchev–Trinajstić information content (AvgIpc) is 3.04. The number of carbonyl (C=O) groups is 1. The van der Waals surface area contributed by atoms with Crippen molar-refractivity contribution in [1.29, 1.82) is 0 Å². The molecule has 1 atom stereocenters. The van der Waals surface area contributed by atoms with Crippen LogP contribution in [0.5, 0.6) is 0 Å². The molecule has 0 bridgehead atoms. The third-order valence-electron chi connectivity index (χ3n) is 4.61. The van der Waals surface area contributed by atoms with E-state index in [1.165, 1.54) is 11.1 Å². The van der Waals surface area contributed by atoms with E-state index in [0.29, 0.717) is 11.6 Å². The summed E-state index contributed by atoms with van der Waals surface area (Å²) in [7, 11) is 0. The van der Waals surface area contributed by atoms with Crippen molar-refractivity contribution < 1.29 is 9.32 Å². The summed E-state index contributed by atoms with van der Waals surface area (Å²) in [4.78, 5) is 14.6. The second-order valence-electron chi connectivity index (χ2n) is 6.38. The summed E-state index contributed by atoms with van der Waals surface area (Å²) >= 11 is 0. The molecule has 2 aromatic rings. The van der Waals surface area contributed by atoms with Crippen molar-refractivity contribution in [2.45, 2.75) is 45.4 Å². The van der Waals surface area contributed by atoms with E-state index < -0.39 is 0 Å². The van der Waals surface area contributed by atoms with Gasteiger partial charge in [-0.2, -0.15) is 0 Å². The fraction of sp³-hybridized carbons (Fsp3) is 0.474. The fourth-order valence-corrected chi connectivity index (χ4v) is 3.40. The van der Waals surface area contributed by atoms with Gasteiger partial charge in [0, 0.05) is 31.5 Å². The van der Waals surface area contributed by atoms with Crippen molar-refractivity contribution in [3.63, 3.8) is 0 Å². The number of nitrogens with zero attached hydrogens (tertiary/aromatic N) is 2. The Morgan fingerprint density at radius 3 is 3.00 bits per heavy atom. The molecule has 1 aromatic carbocycles. The molecule has 1 fully saturated rings. The minimum absolute atomic E-state index is 0.00520. The van der Waals surface area contributed by atoms with Crippen LogP contribution in [0.1, 0.15) is 59.5 Å². The number of piperidine rings is 1. The van der Waals surface area contributed by atoms with Gasteiger partial charge < -0.3 is 9.42 Å². The molecular formula is C19H24N2O2. The Kier molecular flexibility index (Phi) is 4.79. The second kappa shape index (κ2) is 6.99. The Morgan fingerprint density at radius 2 is 2.22 bits per heavy atom. The van der Waals surface area contributed by atoms with Crippen molar-refractivity contribution in [1.82, 2.24) is 10.1 Å². The first kappa shape index (κ1) is 15.8. The molecule has 1 amide bonds. The van der Waals surface area contributed by atoms with Crippen LogP contribution in [0.15, 0.2) is 34.9 Å². The lowest BCUT2D eigenvalue weighted by atomic mass is 9.88. The molecule has 4 heteroatoms. The van der Waals surface area contributed by atoms with E-state index in [2.05, 4.69) is 43.3 Å². The zero-order valence-electron chi connectivity index (χ0n) is 13.9. The molecule has 0 radical (unpaired) electrons. The molecule has 0 N–H and O–H groups in total. The van der Waals surface area contributed by atoms with Crippen molar-refractivity contribution in [2.24, 2.45) is 0 Å². The normalized spacial score (nSPS) is 18.2. The fourth-order valence-electron chi connectivity index (χ4n) is 3.40. The summed E-state index contributed by atoms with van der Waals surface area (Å²) in [6.45, 7) is 5.79. The third-order valence-corrected chi connectivity index (χ3v) is 4.61. The first-order chi connectivity index (χ1) is 11.2. The minimum atomic E-state index is -0.00520. The lowest BCUT2D eigenvalue weighted by molar-refractivity contribution is 0.0696. The van der Waals surface area contributed by atoms with E-state index in [1.54, 1.807) is 6.07 Å². The molecule has 1 aliphatic rings. The summed E-state index contributed by atoms with van der Waals surface area (Å²) in [6.07, 6.45) is 3.98. The number of hydrogen-bond donors (Lipinski definition) is 0. The van der Waals surface area contributed by atoms with Gasteiger partial charge in [0.2, 0.25) is 0 Å². The summed E-state index contributed by atoms with van der Waals surface area (Å²) < 4.78 is 5.25. The van der Waals surface area contributed by atoms with E-state index in [1.807, 2.05) is 4.90 Å². The first-order valence-corrected chi connectivity index (χ1v) is 8.49. The van der Waals surface area contributed by atoms with Crippen LogP contribution in [-0.2, 0) is 6.42 Å². The molecule has 2 heterocycles. The van der Waals surface area contributed by atoms with Crippen LogP contribution in [0, 0.1) is 6.92 Å². The van der Waals surface area contributed by atoms with E-state index in [9.17, 15) is 4.79 Å². The number of likely N-dealkylation sites (tertiary alicyclic amines) is 1. The minimum Gasteiger partial charge on any atom is -0.361 e. The third kappa shape index (κ3) is 3.46. The molecule has 0 saturated carbocycles. The van der Waals surface area contributed by atoms with Gasteiger partial charge in [0.1, 0.15) is 5.76 Å². The van der Waals surface area contributed by atoms with Gasteiger partial charge in [-0.1, -0.05) is 36.3 Å².